The molecule has 0 radical (unpaired) electrons. The van der Waals surface area contributed by atoms with Crippen molar-refractivity contribution >= 4 is 29.5 Å². The Balaban J connectivity index is 2.14. The van der Waals surface area contributed by atoms with Gasteiger partial charge in [0.15, 0.2) is 0 Å². The Morgan fingerprint density at radius 2 is 1.68 bits per heavy atom. The molecule has 0 aliphatic carbocycles. The van der Waals surface area contributed by atoms with E-state index in [9.17, 15) is 44.1 Å². The number of carboxylic acids is 3. The van der Waals surface area contributed by atoms with Gasteiger partial charge in [-0.3, -0.25) is 24.2 Å². The van der Waals surface area contributed by atoms with Gasteiger partial charge in [0.25, 0.3) is 11.5 Å². The molecule has 0 spiro atoms. The van der Waals surface area contributed by atoms with Crippen LogP contribution in [-0.4, -0.2) is 60.3 Å². The van der Waals surface area contributed by atoms with Crippen LogP contribution in [0.5, 0.6) is 5.88 Å². The summed E-state index contributed by atoms with van der Waals surface area (Å²) < 4.78 is 0.347. The minimum absolute atomic E-state index is 0.122. The number of H-pyrrole nitrogens is 1. The van der Waals surface area contributed by atoms with E-state index in [4.69, 9.17) is 10.6 Å². The number of rotatable bonds is 14. The van der Waals surface area contributed by atoms with Crippen LogP contribution in [0.4, 0.5) is 5.69 Å². The Morgan fingerprint density at radius 3 is 2.24 bits per heavy atom. The number of hydrogen-bond acceptors (Lipinski definition) is 8. The fourth-order valence-electron chi connectivity index (χ4n) is 3.68. The molecule has 1 aromatic carbocycles. The normalized spacial score (nSPS) is 12.1. The Hall–Kier alpha value is -5.11. The van der Waals surface area contributed by atoms with Gasteiger partial charge in [0.1, 0.15) is 6.04 Å². The molecule has 0 aliphatic rings. The van der Waals surface area contributed by atoms with Crippen molar-refractivity contribution in [2.75, 3.05) is 6.54 Å². The van der Waals surface area contributed by atoms with Crippen LogP contribution in [0.2, 0.25) is 0 Å². The highest BCUT2D eigenvalue weighted by atomic mass is 16.4. The molecule has 0 saturated heterocycles. The van der Waals surface area contributed by atoms with Gasteiger partial charge in [0.05, 0.1) is 11.5 Å². The second-order valence-electron chi connectivity index (χ2n) is 8.03. The first-order valence-corrected chi connectivity index (χ1v) is 11.2. The van der Waals surface area contributed by atoms with E-state index in [1.54, 1.807) is 4.98 Å². The lowest BCUT2D eigenvalue weighted by Crippen LogP contribution is -2.38. The van der Waals surface area contributed by atoms with Gasteiger partial charge >= 0.3 is 23.6 Å². The predicted octanol–water partition coefficient (Wildman–Crippen LogP) is 1.44. The molecule has 2 aromatic rings. The Kier molecular flexibility index (Phi) is 10.2. The molecule has 6 N–H and O–H groups in total. The number of benzene rings is 1. The van der Waals surface area contributed by atoms with Crippen LogP contribution < -0.4 is 16.6 Å². The molecule has 16 nitrogen and oxygen atoms in total. The number of aromatic nitrogens is 2. The zero-order chi connectivity index (χ0) is 28.4. The van der Waals surface area contributed by atoms with Gasteiger partial charge in [0.2, 0.25) is 5.88 Å². The summed E-state index contributed by atoms with van der Waals surface area (Å²) in [6.45, 7) is 0.122. The van der Waals surface area contributed by atoms with E-state index in [1.165, 1.54) is 24.3 Å². The Labute approximate surface area is 212 Å². The van der Waals surface area contributed by atoms with Gasteiger partial charge < -0.3 is 25.7 Å². The molecule has 1 heterocycles. The van der Waals surface area contributed by atoms with E-state index in [-0.39, 0.29) is 25.8 Å². The van der Waals surface area contributed by atoms with Crippen molar-refractivity contribution < 1.29 is 39.6 Å². The number of aromatic hydroxyl groups is 1. The van der Waals surface area contributed by atoms with E-state index in [0.717, 1.165) is 0 Å². The van der Waals surface area contributed by atoms with Crippen LogP contribution in [0.25, 0.3) is 10.4 Å². The van der Waals surface area contributed by atoms with Crippen LogP contribution in [0.3, 0.4) is 0 Å². The van der Waals surface area contributed by atoms with E-state index in [2.05, 4.69) is 15.3 Å². The summed E-state index contributed by atoms with van der Waals surface area (Å²) in [6.07, 6.45) is -1.10. The number of amides is 1. The number of nitrogens with zero attached hydrogens (tertiary/aromatic N) is 4. The zero-order valence-electron chi connectivity index (χ0n) is 19.7. The summed E-state index contributed by atoms with van der Waals surface area (Å²) >= 11 is 0. The van der Waals surface area contributed by atoms with Crippen molar-refractivity contribution in [1.82, 2.24) is 14.9 Å². The van der Waals surface area contributed by atoms with Gasteiger partial charge in [-0.15, -0.1) is 0 Å². The van der Waals surface area contributed by atoms with Crippen molar-refractivity contribution in [3.63, 3.8) is 0 Å². The third-order valence-electron chi connectivity index (χ3n) is 5.52. The van der Waals surface area contributed by atoms with Crippen LogP contribution >= 0.6 is 0 Å². The standard InChI is InChI=1S/C22H24N6O10/c23-27-26-12-6-4-11(5-7-12)17(31)24-10-2-1-3-14(21(36)37)28-19(33)16(18(32)25-22(28)38)13(20(34)35)8-9-15(29)30/h4-7,13-14,33H,1-3,8-10H2,(H,24,31)(H,29,30)(H,34,35)(H,36,37)(H,25,32,38)/t13-,14-/m0/s1. The number of unbranched alkanes of at least 4 members (excludes halogenated alkanes) is 1. The molecule has 0 unspecified atom stereocenters. The molecule has 1 aromatic heterocycles. The minimum atomic E-state index is -1.81. The van der Waals surface area contributed by atoms with Gasteiger partial charge in [-0.1, -0.05) is 17.2 Å². The minimum Gasteiger partial charge on any atom is -0.494 e. The lowest BCUT2D eigenvalue weighted by Gasteiger charge is -2.20. The molecule has 0 aliphatic heterocycles. The van der Waals surface area contributed by atoms with Crippen LogP contribution in [0, 0.1) is 0 Å². The fraction of sp³-hybridized carbons (Fsp3) is 0.364. The zero-order valence-corrected chi connectivity index (χ0v) is 19.7. The molecule has 2 rings (SSSR count). The highest BCUT2D eigenvalue weighted by Gasteiger charge is 2.32. The van der Waals surface area contributed by atoms with Crippen molar-refractivity contribution in [2.24, 2.45) is 5.11 Å². The van der Waals surface area contributed by atoms with Crippen molar-refractivity contribution in [1.29, 1.82) is 0 Å². The largest absolute Gasteiger partial charge is 0.494 e. The van der Waals surface area contributed by atoms with Gasteiger partial charge in [-0.2, -0.15) is 0 Å². The topological polar surface area (TPSA) is 265 Å². The summed E-state index contributed by atoms with van der Waals surface area (Å²) in [5, 5.41) is 44.6. The predicted molar refractivity (Wildman–Crippen MR) is 128 cm³/mol. The quantitative estimate of drug-likeness (QED) is 0.0881. The number of nitrogens with one attached hydrogen (secondary N) is 2. The van der Waals surface area contributed by atoms with Gasteiger partial charge in [-0.25, -0.2) is 14.2 Å². The molecule has 0 bridgehead atoms. The molecule has 202 valence electrons. The van der Waals surface area contributed by atoms with E-state index in [1.807, 2.05) is 0 Å². The lowest BCUT2D eigenvalue weighted by molar-refractivity contribution is -0.142. The number of carbonyl (C=O) groups excluding carboxylic acids is 1. The number of aliphatic carboxylic acids is 3. The molecule has 16 heteroatoms. The summed E-state index contributed by atoms with van der Waals surface area (Å²) in [4.78, 5) is 75.7. The van der Waals surface area contributed by atoms with E-state index >= 15 is 0 Å². The first-order chi connectivity index (χ1) is 18.0. The van der Waals surface area contributed by atoms with E-state index < -0.39 is 71.3 Å². The fourth-order valence-corrected chi connectivity index (χ4v) is 3.68. The second-order valence-corrected chi connectivity index (χ2v) is 8.03. The van der Waals surface area contributed by atoms with Crippen LogP contribution in [-0.2, 0) is 14.4 Å². The van der Waals surface area contributed by atoms with E-state index in [0.29, 0.717) is 15.8 Å². The monoisotopic (exact) mass is 532 g/mol. The average molecular weight is 532 g/mol. The molecule has 0 saturated carbocycles. The number of carbonyl (C=O) groups is 4. The third-order valence-corrected chi connectivity index (χ3v) is 5.52. The SMILES string of the molecule is [N-]=[N+]=Nc1ccc(C(=O)NCCCC[C@@H](C(=O)O)n2c(O)c([C@H](CCC(=O)O)C(=O)O)c(=O)[nH]c2=O)cc1. The van der Waals surface area contributed by atoms with Crippen molar-refractivity contribution in [2.45, 2.75) is 44.1 Å². The molecule has 1 amide bonds. The van der Waals surface area contributed by atoms with Crippen molar-refractivity contribution in [3.8, 4) is 5.88 Å². The van der Waals surface area contributed by atoms with Crippen LogP contribution in [0.1, 0.15) is 60.0 Å². The number of carboxylic acid groups (broad SMARTS) is 3. The summed E-state index contributed by atoms with van der Waals surface area (Å²) in [5.41, 5.74) is 5.62. The number of hydrogen-bond donors (Lipinski definition) is 6. The maximum atomic E-state index is 12.4. The third kappa shape index (κ3) is 7.44. The maximum Gasteiger partial charge on any atom is 0.331 e. The maximum absolute atomic E-state index is 12.4. The Bertz CT molecular complexity index is 1370. The summed E-state index contributed by atoms with van der Waals surface area (Å²) in [5.74, 6) is -7.99. The molecule has 38 heavy (non-hydrogen) atoms. The number of azide groups is 1. The number of aromatic amines is 1. The van der Waals surface area contributed by atoms with Crippen LogP contribution in [0.15, 0.2) is 39.0 Å². The molecular formula is C22H24N6O10. The van der Waals surface area contributed by atoms with Gasteiger partial charge in [-0.05, 0) is 43.3 Å². The highest BCUT2D eigenvalue weighted by Crippen LogP contribution is 2.28. The Morgan fingerprint density at radius 1 is 1.03 bits per heavy atom. The first-order valence-electron chi connectivity index (χ1n) is 11.2. The smallest absolute Gasteiger partial charge is 0.331 e. The second kappa shape index (κ2) is 13.3. The molecular weight excluding hydrogens is 508 g/mol. The highest BCUT2D eigenvalue weighted by molar-refractivity contribution is 5.94. The average Bonchev–Trinajstić information content (AvgIpc) is 2.84. The molecule has 0 fully saturated rings. The molecule has 2 atom stereocenters. The lowest BCUT2D eigenvalue weighted by atomic mass is 9.95. The van der Waals surface area contributed by atoms with Gasteiger partial charge in [0, 0.05) is 29.1 Å². The first kappa shape index (κ1) is 29.1. The summed E-state index contributed by atoms with van der Waals surface area (Å²) in [7, 11) is 0. The summed E-state index contributed by atoms with van der Waals surface area (Å²) in [6, 6.07) is 4.10. The van der Waals surface area contributed by atoms with Crippen molar-refractivity contribution in [3.05, 3.63) is 66.7 Å².